The number of pyridine rings is 1. The second-order valence-electron chi connectivity index (χ2n) is 6.22. The summed E-state index contributed by atoms with van der Waals surface area (Å²) in [5.41, 5.74) is 2.30. The van der Waals surface area contributed by atoms with Crippen LogP contribution in [-0.4, -0.2) is 23.5 Å². The highest BCUT2D eigenvalue weighted by molar-refractivity contribution is 6.05. The largest absolute Gasteiger partial charge is 0.454 e. The van der Waals surface area contributed by atoms with E-state index in [0.717, 1.165) is 5.69 Å². The Kier molecular flexibility index (Phi) is 4.63. The molecule has 2 aromatic carbocycles. The first kappa shape index (κ1) is 17.5. The maximum absolute atomic E-state index is 12.4. The zero-order valence-corrected chi connectivity index (χ0v) is 15.1. The van der Waals surface area contributed by atoms with Gasteiger partial charge in [0.05, 0.1) is 5.56 Å². The molecule has 3 aromatic rings. The molecule has 0 radical (unpaired) electrons. The van der Waals surface area contributed by atoms with Gasteiger partial charge in [0.2, 0.25) is 6.79 Å². The lowest BCUT2D eigenvalue weighted by Gasteiger charge is -2.08. The Bertz CT molecular complexity index is 1050. The zero-order valence-electron chi connectivity index (χ0n) is 15.1. The van der Waals surface area contributed by atoms with Gasteiger partial charge < -0.3 is 20.1 Å². The summed E-state index contributed by atoms with van der Waals surface area (Å²) in [6.07, 6.45) is 1.49. The van der Waals surface area contributed by atoms with E-state index in [0.29, 0.717) is 34.1 Å². The monoisotopic (exact) mass is 375 g/mol. The number of hydrogen-bond donors (Lipinski definition) is 2. The fourth-order valence-corrected chi connectivity index (χ4v) is 2.74. The normalized spacial score (nSPS) is 11.8. The predicted molar refractivity (Wildman–Crippen MR) is 104 cm³/mol. The van der Waals surface area contributed by atoms with E-state index in [1.807, 2.05) is 18.2 Å². The minimum absolute atomic E-state index is 0.0586. The zero-order chi connectivity index (χ0) is 19.5. The van der Waals surface area contributed by atoms with Crippen LogP contribution >= 0.6 is 0 Å². The van der Waals surface area contributed by atoms with Crippen molar-refractivity contribution in [3.63, 3.8) is 0 Å². The number of nitrogens with one attached hydrogen (secondary N) is 2. The summed E-state index contributed by atoms with van der Waals surface area (Å²) in [6, 6.07) is 15.7. The highest BCUT2D eigenvalue weighted by atomic mass is 16.7. The lowest BCUT2D eigenvalue weighted by Crippen LogP contribution is -2.12. The number of carbonyl (C=O) groups is 2. The second-order valence-corrected chi connectivity index (χ2v) is 6.22. The third-order valence-electron chi connectivity index (χ3n) is 4.20. The van der Waals surface area contributed by atoms with Crippen molar-refractivity contribution in [1.29, 1.82) is 0 Å². The number of hydrogen-bond acceptors (Lipinski definition) is 6. The van der Waals surface area contributed by atoms with Crippen LogP contribution in [0.5, 0.6) is 11.5 Å². The molecule has 0 spiro atoms. The van der Waals surface area contributed by atoms with Crippen LogP contribution in [0, 0.1) is 0 Å². The van der Waals surface area contributed by atoms with Gasteiger partial charge in [-0.25, -0.2) is 4.98 Å². The Morgan fingerprint density at radius 3 is 2.57 bits per heavy atom. The second kappa shape index (κ2) is 7.40. The van der Waals surface area contributed by atoms with Gasteiger partial charge in [0, 0.05) is 29.2 Å². The molecule has 140 valence electrons. The number of rotatable bonds is 5. The van der Waals surface area contributed by atoms with Crippen molar-refractivity contribution in [3.05, 3.63) is 71.9 Å². The summed E-state index contributed by atoms with van der Waals surface area (Å²) >= 11 is 0. The first-order chi connectivity index (χ1) is 13.6. The van der Waals surface area contributed by atoms with Crippen molar-refractivity contribution in [2.24, 2.45) is 0 Å². The minimum Gasteiger partial charge on any atom is -0.454 e. The molecule has 0 atom stereocenters. The standard InChI is InChI=1S/C21H17N3O4/c1-13(25)14-3-2-4-16(9-14)24-21(26)15-5-8-20(22-11-15)23-17-6-7-18-19(10-17)28-12-27-18/h2-11H,12H2,1H3,(H,22,23)(H,24,26). The van der Waals surface area contributed by atoms with Crippen LogP contribution in [0.4, 0.5) is 17.2 Å². The van der Waals surface area contributed by atoms with Gasteiger partial charge in [-0.1, -0.05) is 12.1 Å². The Hall–Kier alpha value is -3.87. The summed E-state index contributed by atoms with van der Waals surface area (Å²) in [4.78, 5) is 28.1. The molecule has 7 nitrogen and oxygen atoms in total. The molecular formula is C21H17N3O4. The van der Waals surface area contributed by atoms with E-state index in [-0.39, 0.29) is 18.5 Å². The molecule has 28 heavy (non-hydrogen) atoms. The first-order valence-corrected chi connectivity index (χ1v) is 8.63. The van der Waals surface area contributed by atoms with Gasteiger partial charge >= 0.3 is 0 Å². The average Bonchev–Trinajstić information content (AvgIpc) is 3.16. The van der Waals surface area contributed by atoms with Crippen LogP contribution in [0.25, 0.3) is 0 Å². The highest BCUT2D eigenvalue weighted by Gasteiger charge is 2.13. The van der Waals surface area contributed by atoms with E-state index in [9.17, 15) is 9.59 Å². The number of benzene rings is 2. The average molecular weight is 375 g/mol. The quantitative estimate of drug-likeness (QED) is 0.655. The fraction of sp³-hybridized carbons (Fsp3) is 0.0952. The van der Waals surface area contributed by atoms with Gasteiger partial charge in [-0.15, -0.1) is 0 Å². The molecule has 4 rings (SSSR count). The fourth-order valence-electron chi connectivity index (χ4n) is 2.74. The Morgan fingerprint density at radius 2 is 1.79 bits per heavy atom. The number of ketones is 1. The summed E-state index contributed by atoms with van der Waals surface area (Å²) in [5, 5.41) is 5.92. The van der Waals surface area contributed by atoms with Gasteiger partial charge in [-0.05, 0) is 43.3 Å². The highest BCUT2D eigenvalue weighted by Crippen LogP contribution is 2.34. The number of anilines is 3. The van der Waals surface area contributed by atoms with E-state index < -0.39 is 0 Å². The summed E-state index contributed by atoms with van der Waals surface area (Å²) in [5.74, 6) is 1.61. The smallest absolute Gasteiger partial charge is 0.257 e. The third kappa shape index (κ3) is 3.78. The molecule has 2 N–H and O–H groups in total. The van der Waals surface area contributed by atoms with Crippen LogP contribution in [-0.2, 0) is 0 Å². The molecule has 0 unspecified atom stereocenters. The molecule has 1 aromatic heterocycles. The van der Waals surface area contributed by atoms with Gasteiger partial charge in [0.15, 0.2) is 17.3 Å². The Morgan fingerprint density at radius 1 is 0.929 bits per heavy atom. The van der Waals surface area contributed by atoms with Crippen LogP contribution in [0.2, 0.25) is 0 Å². The van der Waals surface area contributed by atoms with E-state index in [4.69, 9.17) is 9.47 Å². The molecule has 1 aliphatic rings. The molecular weight excluding hydrogens is 358 g/mol. The Balaban J connectivity index is 1.43. The molecule has 0 bridgehead atoms. The number of amides is 1. The summed E-state index contributed by atoms with van der Waals surface area (Å²) in [7, 11) is 0. The molecule has 1 aliphatic heterocycles. The molecule has 0 fully saturated rings. The lowest BCUT2D eigenvalue weighted by molar-refractivity contribution is 0.101. The van der Waals surface area contributed by atoms with Gasteiger partial charge in [-0.3, -0.25) is 9.59 Å². The van der Waals surface area contributed by atoms with E-state index in [1.165, 1.54) is 13.1 Å². The number of Topliss-reactive ketones (excluding diaryl/α,β-unsaturated/α-hetero) is 1. The van der Waals surface area contributed by atoms with Crippen LogP contribution in [0.3, 0.4) is 0 Å². The van der Waals surface area contributed by atoms with Crippen LogP contribution < -0.4 is 20.1 Å². The van der Waals surface area contributed by atoms with Crippen molar-refractivity contribution in [2.75, 3.05) is 17.4 Å². The number of aromatic nitrogens is 1. The number of nitrogens with zero attached hydrogens (tertiary/aromatic N) is 1. The van der Waals surface area contributed by atoms with Gasteiger partial charge in [-0.2, -0.15) is 0 Å². The van der Waals surface area contributed by atoms with Crippen molar-refractivity contribution in [3.8, 4) is 11.5 Å². The van der Waals surface area contributed by atoms with Gasteiger partial charge in [0.25, 0.3) is 5.91 Å². The number of ether oxygens (including phenoxy) is 2. The van der Waals surface area contributed by atoms with Crippen LogP contribution in [0.15, 0.2) is 60.8 Å². The number of fused-ring (bicyclic) bond motifs is 1. The minimum atomic E-state index is -0.303. The molecule has 1 amide bonds. The summed E-state index contributed by atoms with van der Waals surface area (Å²) < 4.78 is 10.6. The van der Waals surface area contributed by atoms with E-state index >= 15 is 0 Å². The maximum atomic E-state index is 12.4. The summed E-state index contributed by atoms with van der Waals surface area (Å²) in [6.45, 7) is 1.70. The topological polar surface area (TPSA) is 89.6 Å². The predicted octanol–water partition coefficient (Wildman–Crippen LogP) is 4.01. The Labute approximate surface area is 161 Å². The van der Waals surface area contributed by atoms with Crippen molar-refractivity contribution >= 4 is 28.9 Å². The number of carbonyl (C=O) groups excluding carboxylic acids is 2. The molecule has 7 heteroatoms. The third-order valence-corrected chi connectivity index (χ3v) is 4.20. The van der Waals surface area contributed by atoms with Crippen molar-refractivity contribution in [2.45, 2.75) is 6.92 Å². The van der Waals surface area contributed by atoms with E-state index in [2.05, 4.69) is 15.6 Å². The maximum Gasteiger partial charge on any atom is 0.257 e. The van der Waals surface area contributed by atoms with Gasteiger partial charge in [0.1, 0.15) is 5.82 Å². The molecule has 0 aliphatic carbocycles. The van der Waals surface area contributed by atoms with Crippen LogP contribution in [0.1, 0.15) is 27.6 Å². The van der Waals surface area contributed by atoms with Crippen molar-refractivity contribution < 1.29 is 19.1 Å². The molecule has 0 saturated heterocycles. The molecule has 0 saturated carbocycles. The van der Waals surface area contributed by atoms with Crippen molar-refractivity contribution in [1.82, 2.24) is 4.98 Å². The first-order valence-electron chi connectivity index (χ1n) is 8.63. The van der Waals surface area contributed by atoms with E-state index in [1.54, 1.807) is 36.4 Å². The molecule has 2 heterocycles. The SMILES string of the molecule is CC(=O)c1cccc(NC(=O)c2ccc(Nc3ccc4c(c3)OCO4)nc2)c1. The lowest BCUT2D eigenvalue weighted by atomic mass is 10.1.